The van der Waals surface area contributed by atoms with E-state index in [1.165, 1.54) is 6.42 Å². The number of halogens is 6. The fraction of sp³-hybridized carbons (Fsp3) is 0.739. The zero-order chi connectivity index (χ0) is 22.6. The molecule has 0 heterocycles. The molecule has 4 atom stereocenters. The summed E-state index contributed by atoms with van der Waals surface area (Å²) in [5, 5.41) is 19.9. The van der Waals surface area contributed by atoms with Gasteiger partial charge in [-0.1, -0.05) is 31.4 Å². The Morgan fingerprint density at radius 3 is 2.03 bits per heavy atom. The van der Waals surface area contributed by atoms with Crippen molar-refractivity contribution in [3.8, 4) is 5.75 Å². The quantitative estimate of drug-likeness (QED) is 0.495. The molecule has 2 nitrogen and oxygen atoms in total. The monoisotopic (exact) mass is 450 g/mol. The lowest BCUT2D eigenvalue weighted by Gasteiger charge is -2.37. The van der Waals surface area contributed by atoms with E-state index >= 15 is 0 Å². The van der Waals surface area contributed by atoms with Gasteiger partial charge in [0.1, 0.15) is 5.75 Å². The molecule has 3 fully saturated rings. The number of fused-ring (bicyclic) bond motifs is 2. The van der Waals surface area contributed by atoms with Crippen molar-refractivity contribution >= 4 is 0 Å². The second kappa shape index (κ2) is 7.85. The molecule has 8 heteroatoms. The maximum Gasteiger partial charge on any atom is 0.426 e. The molecule has 3 saturated carbocycles. The Morgan fingerprint density at radius 2 is 1.48 bits per heavy atom. The van der Waals surface area contributed by atoms with E-state index in [0.29, 0.717) is 18.8 Å². The molecule has 1 aromatic carbocycles. The van der Waals surface area contributed by atoms with E-state index in [2.05, 4.69) is 0 Å². The van der Waals surface area contributed by atoms with E-state index in [0.717, 1.165) is 36.8 Å². The summed E-state index contributed by atoms with van der Waals surface area (Å²) in [4.78, 5) is 0. The molecule has 4 unspecified atom stereocenters. The number of phenolic OH excluding ortho intramolecular Hbond substituents is 1. The minimum absolute atomic E-state index is 0.00414. The van der Waals surface area contributed by atoms with Crippen LogP contribution in [-0.4, -0.2) is 28.2 Å². The average molecular weight is 450 g/mol. The molecule has 4 rings (SSSR count). The molecule has 174 valence electrons. The Morgan fingerprint density at radius 1 is 0.839 bits per heavy atom. The van der Waals surface area contributed by atoms with Gasteiger partial charge in [0.05, 0.1) is 0 Å². The standard InChI is InChI=1S/C23H28F6O2/c24-22(25,26)21(31,23(27,28)29)12-17-9-16-8-15(17)11-18(16)14-6-7-20(30)19(10-14)13-4-2-1-3-5-13/h6-7,10,13,15-18,30-31H,1-5,8-9,11-12H2. The Kier molecular flexibility index (Phi) is 5.76. The van der Waals surface area contributed by atoms with Crippen LogP contribution < -0.4 is 0 Å². The summed E-state index contributed by atoms with van der Waals surface area (Å²) in [5.74, 6) is -0.424. The van der Waals surface area contributed by atoms with E-state index in [-0.39, 0.29) is 29.9 Å². The first-order valence-corrected chi connectivity index (χ1v) is 11.1. The van der Waals surface area contributed by atoms with E-state index in [1.807, 2.05) is 12.1 Å². The van der Waals surface area contributed by atoms with Crippen LogP contribution in [0.25, 0.3) is 0 Å². The van der Waals surface area contributed by atoms with Crippen LogP contribution in [0.3, 0.4) is 0 Å². The molecule has 31 heavy (non-hydrogen) atoms. The van der Waals surface area contributed by atoms with Gasteiger partial charge in [-0.05, 0) is 85.3 Å². The topological polar surface area (TPSA) is 40.5 Å². The van der Waals surface area contributed by atoms with Gasteiger partial charge in [-0.2, -0.15) is 26.3 Å². The lowest BCUT2D eigenvalue weighted by molar-refractivity contribution is -0.373. The molecule has 0 amide bonds. The third kappa shape index (κ3) is 4.05. The molecular formula is C23H28F6O2. The third-order valence-electron chi connectivity index (χ3n) is 8.02. The molecule has 0 saturated heterocycles. The van der Waals surface area contributed by atoms with E-state index in [1.54, 1.807) is 6.07 Å². The van der Waals surface area contributed by atoms with Crippen LogP contribution in [0.5, 0.6) is 5.75 Å². The van der Waals surface area contributed by atoms with E-state index < -0.39 is 30.3 Å². The van der Waals surface area contributed by atoms with Gasteiger partial charge in [0.25, 0.3) is 5.60 Å². The normalized spacial score (nSPS) is 30.2. The number of benzene rings is 1. The average Bonchev–Trinajstić information content (AvgIpc) is 3.27. The van der Waals surface area contributed by atoms with Gasteiger partial charge in [-0.15, -0.1) is 0 Å². The van der Waals surface area contributed by atoms with Gasteiger partial charge >= 0.3 is 12.4 Å². The highest BCUT2D eigenvalue weighted by molar-refractivity contribution is 5.41. The van der Waals surface area contributed by atoms with Crippen molar-refractivity contribution in [3.05, 3.63) is 29.3 Å². The van der Waals surface area contributed by atoms with Crippen molar-refractivity contribution < 1.29 is 36.6 Å². The van der Waals surface area contributed by atoms with Crippen LogP contribution in [0.2, 0.25) is 0 Å². The molecule has 0 radical (unpaired) electrons. The summed E-state index contributed by atoms with van der Waals surface area (Å²) in [6, 6.07) is 5.52. The first-order chi connectivity index (χ1) is 14.4. The highest BCUT2D eigenvalue weighted by Crippen LogP contribution is 2.60. The number of rotatable bonds is 4. The second-order valence-electron chi connectivity index (χ2n) is 9.81. The summed E-state index contributed by atoms with van der Waals surface area (Å²) in [6.45, 7) is 0. The Balaban J connectivity index is 1.49. The zero-order valence-corrected chi connectivity index (χ0v) is 17.1. The van der Waals surface area contributed by atoms with E-state index in [9.17, 15) is 36.6 Å². The molecule has 1 aromatic rings. The van der Waals surface area contributed by atoms with Gasteiger partial charge in [-0.3, -0.25) is 0 Å². The van der Waals surface area contributed by atoms with Gasteiger partial charge < -0.3 is 10.2 Å². The van der Waals surface area contributed by atoms with Crippen molar-refractivity contribution in [2.45, 2.75) is 87.6 Å². The molecule has 3 aliphatic carbocycles. The Labute approximate surface area is 177 Å². The van der Waals surface area contributed by atoms with Crippen molar-refractivity contribution in [1.29, 1.82) is 0 Å². The number of aliphatic hydroxyl groups is 1. The molecule has 0 spiro atoms. The number of alkyl halides is 6. The summed E-state index contributed by atoms with van der Waals surface area (Å²) < 4.78 is 78.6. The largest absolute Gasteiger partial charge is 0.508 e. The van der Waals surface area contributed by atoms with Crippen LogP contribution >= 0.6 is 0 Å². The van der Waals surface area contributed by atoms with Crippen LogP contribution in [0.15, 0.2) is 18.2 Å². The molecule has 2 N–H and O–H groups in total. The van der Waals surface area contributed by atoms with Gasteiger partial charge in [0.2, 0.25) is 0 Å². The first-order valence-electron chi connectivity index (χ1n) is 11.1. The SMILES string of the molecule is Oc1ccc(C2CC3CC2CC3CC(O)(C(F)(F)F)C(F)(F)F)cc1C1CCCCC1. The van der Waals surface area contributed by atoms with E-state index in [4.69, 9.17) is 0 Å². The van der Waals surface area contributed by atoms with Crippen LogP contribution in [0.1, 0.15) is 80.8 Å². The van der Waals surface area contributed by atoms with Crippen LogP contribution in [0, 0.1) is 17.8 Å². The highest BCUT2D eigenvalue weighted by atomic mass is 19.4. The van der Waals surface area contributed by atoms with Crippen molar-refractivity contribution in [2.24, 2.45) is 17.8 Å². The fourth-order valence-corrected chi connectivity index (χ4v) is 6.37. The maximum absolute atomic E-state index is 13.1. The predicted octanol–water partition coefficient (Wildman–Crippen LogP) is 6.82. The predicted molar refractivity (Wildman–Crippen MR) is 103 cm³/mol. The zero-order valence-electron chi connectivity index (χ0n) is 17.1. The van der Waals surface area contributed by atoms with Crippen molar-refractivity contribution in [1.82, 2.24) is 0 Å². The number of hydrogen-bond acceptors (Lipinski definition) is 2. The first kappa shape index (κ1) is 22.7. The van der Waals surface area contributed by atoms with Gasteiger partial charge in [-0.25, -0.2) is 0 Å². The summed E-state index contributed by atoms with van der Waals surface area (Å²) in [7, 11) is 0. The molecule has 0 aromatic heterocycles. The third-order valence-corrected chi connectivity index (χ3v) is 8.02. The summed E-state index contributed by atoms with van der Waals surface area (Å²) in [6.07, 6.45) is -6.01. The smallest absolute Gasteiger partial charge is 0.426 e. The summed E-state index contributed by atoms with van der Waals surface area (Å²) in [5.41, 5.74) is -2.72. The molecule has 3 aliphatic rings. The number of hydrogen-bond donors (Lipinski definition) is 2. The lowest BCUT2D eigenvalue weighted by Crippen LogP contribution is -2.58. The van der Waals surface area contributed by atoms with Crippen LogP contribution in [0.4, 0.5) is 26.3 Å². The van der Waals surface area contributed by atoms with Crippen molar-refractivity contribution in [3.63, 3.8) is 0 Å². The second-order valence-corrected chi connectivity index (χ2v) is 9.81. The summed E-state index contributed by atoms with van der Waals surface area (Å²) >= 11 is 0. The highest BCUT2D eigenvalue weighted by Gasteiger charge is 2.71. The minimum Gasteiger partial charge on any atom is -0.508 e. The molecule has 2 bridgehead atoms. The number of aromatic hydroxyl groups is 1. The Bertz CT molecular complexity index is 782. The number of phenols is 1. The minimum atomic E-state index is -5.75. The van der Waals surface area contributed by atoms with Gasteiger partial charge in [0, 0.05) is 0 Å². The van der Waals surface area contributed by atoms with Gasteiger partial charge in [0.15, 0.2) is 0 Å². The molecular weight excluding hydrogens is 422 g/mol. The fourth-order valence-electron chi connectivity index (χ4n) is 6.37. The molecule has 0 aliphatic heterocycles. The Hall–Kier alpha value is -1.44. The lowest BCUT2D eigenvalue weighted by atomic mass is 9.73. The maximum atomic E-state index is 13.1. The van der Waals surface area contributed by atoms with Crippen molar-refractivity contribution in [2.75, 3.05) is 0 Å². The van der Waals surface area contributed by atoms with Crippen LogP contribution in [-0.2, 0) is 0 Å².